The number of aliphatic hydroxyl groups is 1. The molecule has 4 N–H and O–H groups in total. The van der Waals surface area contributed by atoms with E-state index in [1.54, 1.807) is 0 Å². The van der Waals surface area contributed by atoms with Crippen LogP contribution in [0.3, 0.4) is 0 Å². The van der Waals surface area contributed by atoms with Gasteiger partial charge in [-0.15, -0.1) is 0 Å². The van der Waals surface area contributed by atoms with Crippen LogP contribution in [0.2, 0.25) is 0 Å². The number of nitrogens with two attached hydrogens (primary N) is 1. The Morgan fingerprint density at radius 1 is 1.29 bits per heavy atom. The minimum absolute atomic E-state index is 0.421. The van der Waals surface area contributed by atoms with Crippen LogP contribution < -0.4 is 11.1 Å². The first-order valence-electron chi connectivity index (χ1n) is 6.47. The Morgan fingerprint density at radius 3 is 2.76 bits per heavy atom. The third kappa shape index (κ3) is 3.28. The van der Waals surface area contributed by atoms with Crippen molar-refractivity contribution in [3.63, 3.8) is 0 Å². The van der Waals surface area contributed by atoms with E-state index >= 15 is 0 Å². The van der Waals surface area contributed by atoms with Crippen molar-refractivity contribution < 1.29 is 5.11 Å². The number of hydrogen-bond donors (Lipinski definition) is 3. The molecule has 1 saturated carbocycles. The highest BCUT2D eigenvalue weighted by molar-refractivity contribution is 5.17. The Kier molecular flexibility index (Phi) is 4.54. The SMILES string of the molecule is NCC1CCCC1NCC(O)c1ccccc1. The van der Waals surface area contributed by atoms with Crippen molar-refractivity contribution in [3.8, 4) is 0 Å². The summed E-state index contributed by atoms with van der Waals surface area (Å²) in [5.41, 5.74) is 6.71. The molecule has 1 aliphatic carbocycles. The Labute approximate surface area is 103 Å². The van der Waals surface area contributed by atoms with Crippen LogP contribution in [0.4, 0.5) is 0 Å². The van der Waals surface area contributed by atoms with Crippen molar-refractivity contribution in [3.05, 3.63) is 35.9 Å². The van der Waals surface area contributed by atoms with Gasteiger partial charge < -0.3 is 16.2 Å². The molecule has 3 atom stereocenters. The van der Waals surface area contributed by atoms with Gasteiger partial charge in [0.2, 0.25) is 0 Å². The van der Waals surface area contributed by atoms with Gasteiger partial charge in [0.05, 0.1) is 6.10 Å². The lowest BCUT2D eigenvalue weighted by Gasteiger charge is -2.21. The lowest BCUT2D eigenvalue weighted by atomic mass is 10.0. The van der Waals surface area contributed by atoms with Crippen LogP contribution in [-0.2, 0) is 0 Å². The van der Waals surface area contributed by atoms with Gasteiger partial charge in [0.25, 0.3) is 0 Å². The Morgan fingerprint density at radius 2 is 2.06 bits per heavy atom. The van der Waals surface area contributed by atoms with Crippen LogP contribution in [0, 0.1) is 5.92 Å². The molecule has 2 rings (SSSR count). The topological polar surface area (TPSA) is 58.3 Å². The highest BCUT2D eigenvalue weighted by atomic mass is 16.3. The molecule has 3 nitrogen and oxygen atoms in total. The summed E-state index contributed by atoms with van der Waals surface area (Å²) in [5, 5.41) is 13.5. The smallest absolute Gasteiger partial charge is 0.0914 e. The Balaban J connectivity index is 1.82. The standard InChI is InChI=1S/C14H22N2O/c15-9-12-7-4-8-13(12)16-10-14(17)11-5-2-1-3-6-11/h1-3,5-6,12-14,16-17H,4,7-10,15H2. The molecule has 0 spiro atoms. The summed E-state index contributed by atoms with van der Waals surface area (Å²) >= 11 is 0. The van der Waals surface area contributed by atoms with Crippen LogP contribution in [0.1, 0.15) is 30.9 Å². The number of benzene rings is 1. The van der Waals surface area contributed by atoms with E-state index in [0.29, 0.717) is 18.5 Å². The third-order valence-corrected chi connectivity index (χ3v) is 3.72. The molecule has 0 bridgehead atoms. The Hall–Kier alpha value is -0.900. The summed E-state index contributed by atoms with van der Waals surface area (Å²) in [5.74, 6) is 0.581. The highest BCUT2D eigenvalue weighted by Gasteiger charge is 2.25. The van der Waals surface area contributed by atoms with Crippen molar-refractivity contribution in [2.75, 3.05) is 13.1 Å². The molecule has 0 radical (unpaired) electrons. The lowest BCUT2D eigenvalue weighted by Crippen LogP contribution is -2.38. The van der Waals surface area contributed by atoms with Crippen molar-refractivity contribution in [1.29, 1.82) is 0 Å². The van der Waals surface area contributed by atoms with Gasteiger partial charge in [-0.2, -0.15) is 0 Å². The second-order valence-corrected chi connectivity index (χ2v) is 4.87. The summed E-state index contributed by atoms with van der Waals surface area (Å²) in [6.45, 7) is 1.37. The van der Waals surface area contributed by atoms with Crippen LogP contribution in [0.25, 0.3) is 0 Å². The molecule has 1 aromatic carbocycles. The second-order valence-electron chi connectivity index (χ2n) is 4.87. The minimum atomic E-state index is -0.421. The molecular formula is C14H22N2O. The monoisotopic (exact) mass is 234 g/mol. The zero-order valence-corrected chi connectivity index (χ0v) is 10.2. The van der Waals surface area contributed by atoms with E-state index < -0.39 is 6.10 Å². The van der Waals surface area contributed by atoms with Gasteiger partial charge in [-0.1, -0.05) is 36.8 Å². The van der Waals surface area contributed by atoms with Gasteiger partial charge in [-0.25, -0.2) is 0 Å². The number of hydrogen-bond acceptors (Lipinski definition) is 3. The van der Waals surface area contributed by atoms with Gasteiger partial charge in [-0.05, 0) is 30.9 Å². The predicted octanol–water partition coefficient (Wildman–Crippen LogP) is 1.44. The fourth-order valence-corrected chi connectivity index (χ4v) is 2.64. The molecular weight excluding hydrogens is 212 g/mol. The maximum absolute atomic E-state index is 10.0. The summed E-state index contributed by atoms with van der Waals surface area (Å²) in [6.07, 6.45) is 3.23. The predicted molar refractivity (Wildman–Crippen MR) is 69.6 cm³/mol. The van der Waals surface area contributed by atoms with E-state index in [2.05, 4.69) is 5.32 Å². The summed E-state index contributed by atoms with van der Waals surface area (Å²) in [6, 6.07) is 10.3. The van der Waals surface area contributed by atoms with E-state index in [4.69, 9.17) is 5.73 Å². The summed E-state index contributed by atoms with van der Waals surface area (Å²) < 4.78 is 0. The molecule has 0 saturated heterocycles. The molecule has 0 aromatic heterocycles. The Bertz CT molecular complexity index is 328. The fourth-order valence-electron chi connectivity index (χ4n) is 2.64. The maximum atomic E-state index is 10.0. The van der Waals surface area contributed by atoms with Gasteiger partial charge in [0.1, 0.15) is 0 Å². The molecule has 1 aromatic rings. The summed E-state index contributed by atoms with van der Waals surface area (Å²) in [4.78, 5) is 0. The van der Waals surface area contributed by atoms with Crippen LogP contribution >= 0.6 is 0 Å². The van der Waals surface area contributed by atoms with E-state index in [9.17, 15) is 5.11 Å². The van der Waals surface area contributed by atoms with Gasteiger partial charge in [0.15, 0.2) is 0 Å². The quantitative estimate of drug-likeness (QED) is 0.722. The number of nitrogens with one attached hydrogen (secondary N) is 1. The average molecular weight is 234 g/mol. The zero-order chi connectivity index (χ0) is 12.1. The number of rotatable bonds is 5. The van der Waals surface area contributed by atoms with Crippen molar-refractivity contribution in [1.82, 2.24) is 5.32 Å². The zero-order valence-electron chi connectivity index (χ0n) is 10.2. The molecule has 1 aliphatic rings. The second kappa shape index (κ2) is 6.15. The average Bonchev–Trinajstić information content (AvgIpc) is 2.84. The molecule has 17 heavy (non-hydrogen) atoms. The normalized spacial score (nSPS) is 26.0. The largest absolute Gasteiger partial charge is 0.387 e. The lowest BCUT2D eigenvalue weighted by molar-refractivity contribution is 0.166. The first-order chi connectivity index (χ1) is 8.31. The molecule has 0 aliphatic heterocycles. The van der Waals surface area contributed by atoms with E-state index in [0.717, 1.165) is 12.1 Å². The highest BCUT2D eigenvalue weighted by Crippen LogP contribution is 2.25. The molecule has 94 valence electrons. The molecule has 3 heteroatoms. The van der Waals surface area contributed by atoms with Gasteiger partial charge >= 0.3 is 0 Å². The van der Waals surface area contributed by atoms with Crippen molar-refractivity contribution in [2.24, 2.45) is 11.7 Å². The van der Waals surface area contributed by atoms with Crippen molar-refractivity contribution in [2.45, 2.75) is 31.4 Å². The van der Waals surface area contributed by atoms with Crippen molar-refractivity contribution >= 4 is 0 Å². The first kappa shape index (κ1) is 12.6. The minimum Gasteiger partial charge on any atom is -0.387 e. The number of aliphatic hydroxyl groups excluding tert-OH is 1. The van der Waals surface area contributed by atoms with E-state index in [1.165, 1.54) is 19.3 Å². The van der Waals surface area contributed by atoms with E-state index in [-0.39, 0.29) is 0 Å². The van der Waals surface area contributed by atoms with Gasteiger partial charge in [0, 0.05) is 12.6 Å². The molecule has 0 heterocycles. The fraction of sp³-hybridized carbons (Fsp3) is 0.571. The van der Waals surface area contributed by atoms with E-state index in [1.807, 2.05) is 30.3 Å². The molecule has 1 fully saturated rings. The van der Waals surface area contributed by atoms with Crippen LogP contribution in [-0.4, -0.2) is 24.2 Å². The third-order valence-electron chi connectivity index (χ3n) is 3.72. The molecule has 3 unspecified atom stereocenters. The first-order valence-corrected chi connectivity index (χ1v) is 6.47. The van der Waals surface area contributed by atoms with Gasteiger partial charge in [-0.3, -0.25) is 0 Å². The summed E-state index contributed by atoms with van der Waals surface area (Å²) in [7, 11) is 0. The van der Waals surface area contributed by atoms with Crippen LogP contribution in [0.15, 0.2) is 30.3 Å². The van der Waals surface area contributed by atoms with Crippen LogP contribution in [0.5, 0.6) is 0 Å². The maximum Gasteiger partial charge on any atom is 0.0914 e. The molecule has 0 amide bonds.